The molecule has 2 aromatic rings. The van der Waals surface area contributed by atoms with E-state index in [0.29, 0.717) is 18.8 Å². The Morgan fingerprint density at radius 1 is 1.07 bits per heavy atom. The molecule has 0 radical (unpaired) electrons. The second-order valence-electron chi connectivity index (χ2n) is 8.18. The molecule has 2 atom stereocenters. The third-order valence-electron chi connectivity index (χ3n) is 5.30. The van der Waals surface area contributed by atoms with E-state index in [4.69, 9.17) is 0 Å². The fraction of sp³-hybridized carbons (Fsp3) is 0.409. The van der Waals surface area contributed by atoms with Gasteiger partial charge in [-0.05, 0) is 67.5 Å². The van der Waals surface area contributed by atoms with Gasteiger partial charge in [0.05, 0.1) is 10.5 Å². The maximum atomic E-state index is 14.4. The van der Waals surface area contributed by atoms with Crippen molar-refractivity contribution < 1.29 is 17.6 Å². The molecule has 1 aliphatic heterocycles. The van der Waals surface area contributed by atoms with Crippen molar-refractivity contribution in [3.05, 3.63) is 58.9 Å². The van der Waals surface area contributed by atoms with Gasteiger partial charge in [0.1, 0.15) is 5.82 Å². The minimum Gasteiger partial charge on any atom is -0.322 e. The number of halogens is 1. The smallest absolute Gasteiger partial charge is 0.258 e. The molecule has 1 amide bonds. The van der Waals surface area contributed by atoms with Crippen LogP contribution in [0.4, 0.5) is 10.1 Å². The average Bonchev–Trinajstić information content (AvgIpc) is 2.64. The number of nitrogens with one attached hydrogen (secondary N) is 1. The minimum absolute atomic E-state index is 0.0636. The van der Waals surface area contributed by atoms with E-state index in [1.54, 1.807) is 6.07 Å². The Morgan fingerprint density at radius 3 is 2.38 bits per heavy atom. The van der Waals surface area contributed by atoms with Crippen molar-refractivity contribution in [3.8, 4) is 0 Å². The van der Waals surface area contributed by atoms with Crippen LogP contribution in [0.25, 0.3) is 0 Å². The second-order valence-corrected chi connectivity index (χ2v) is 10.1. The third kappa shape index (κ3) is 4.67. The number of nitrogens with zero attached hydrogens (tertiary/aromatic N) is 1. The van der Waals surface area contributed by atoms with Crippen LogP contribution in [-0.4, -0.2) is 31.7 Å². The van der Waals surface area contributed by atoms with Crippen molar-refractivity contribution in [2.75, 3.05) is 18.4 Å². The molecule has 1 aliphatic rings. The maximum absolute atomic E-state index is 14.4. The molecule has 1 saturated heterocycles. The van der Waals surface area contributed by atoms with Gasteiger partial charge in [0.15, 0.2) is 0 Å². The molecular weight excluding hydrogens is 391 g/mol. The molecule has 156 valence electrons. The zero-order valence-electron chi connectivity index (χ0n) is 17.2. The molecular formula is C22H27FN2O3S. The van der Waals surface area contributed by atoms with Gasteiger partial charge >= 0.3 is 0 Å². The highest BCUT2D eigenvalue weighted by Crippen LogP contribution is 2.28. The van der Waals surface area contributed by atoms with Crippen LogP contribution >= 0.6 is 0 Å². The van der Waals surface area contributed by atoms with Gasteiger partial charge < -0.3 is 5.32 Å². The van der Waals surface area contributed by atoms with Crippen molar-refractivity contribution in [2.45, 2.75) is 39.0 Å². The van der Waals surface area contributed by atoms with Crippen LogP contribution in [0.3, 0.4) is 0 Å². The molecule has 0 aliphatic carbocycles. The lowest BCUT2D eigenvalue weighted by Gasteiger charge is -2.34. The molecule has 3 rings (SSSR count). The zero-order chi connectivity index (χ0) is 21.3. The lowest BCUT2D eigenvalue weighted by Crippen LogP contribution is -2.42. The highest BCUT2D eigenvalue weighted by Gasteiger charge is 2.32. The Hall–Kier alpha value is -2.25. The highest BCUT2D eigenvalue weighted by atomic mass is 32.2. The molecule has 0 saturated carbocycles. The summed E-state index contributed by atoms with van der Waals surface area (Å²) in [5.74, 6) is -0.928. The van der Waals surface area contributed by atoms with Gasteiger partial charge in [0, 0.05) is 18.8 Å². The summed E-state index contributed by atoms with van der Waals surface area (Å²) >= 11 is 0. The van der Waals surface area contributed by atoms with Crippen molar-refractivity contribution >= 4 is 21.6 Å². The summed E-state index contributed by atoms with van der Waals surface area (Å²) in [6.07, 6.45) is 0.971. The summed E-state index contributed by atoms with van der Waals surface area (Å²) in [6.45, 7) is 8.62. The van der Waals surface area contributed by atoms with Gasteiger partial charge in [-0.1, -0.05) is 26.0 Å². The summed E-state index contributed by atoms with van der Waals surface area (Å²) in [6, 6.07) is 8.97. The summed E-state index contributed by atoms with van der Waals surface area (Å²) in [4.78, 5) is 12.6. The Balaban J connectivity index is 1.91. The Bertz CT molecular complexity index is 1030. The number of hydrogen-bond acceptors (Lipinski definition) is 3. The predicted molar refractivity (Wildman–Crippen MR) is 112 cm³/mol. The first-order valence-electron chi connectivity index (χ1n) is 9.76. The predicted octanol–water partition coefficient (Wildman–Crippen LogP) is 4.36. The molecule has 5 nitrogen and oxygen atoms in total. The van der Waals surface area contributed by atoms with Crippen molar-refractivity contribution in [2.24, 2.45) is 11.8 Å². The molecule has 1 heterocycles. The number of rotatable bonds is 4. The highest BCUT2D eigenvalue weighted by molar-refractivity contribution is 7.89. The third-order valence-corrected chi connectivity index (χ3v) is 7.12. The van der Waals surface area contributed by atoms with Crippen molar-refractivity contribution in [1.82, 2.24) is 4.31 Å². The Morgan fingerprint density at radius 2 is 1.72 bits per heavy atom. The first-order chi connectivity index (χ1) is 13.6. The van der Waals surface area contributed by atoms with Gasteiger partial charge in [-0.15, -0.1) is 0 Å². The lowest BCUT2D eigenvalue weighted by atomic mass is 9.94. The number of aryl methyl sites for hydroxylation is 2. The molecule has 0 spiro atoms. The molecule has 7 heteroatoms. The monoisotopic (exact) mass is 418 g/mol. The SMILES string of the molecule is Cc1ccc(C)c(NC(=O)c2cc(S(=O)(=O)N3CC(C)CC(C)C3)ccc2F)c1. The first kappa shape index (κ1) is 21.5. The van der Waals surface area contributed by atoms with Gasteiger partial charge in [-0.3, -0.25) is 4.79 Å². The minimum atomic E-state index is -3.80. The summed E-state index contributed by atoms with van der Waals surface area (Å²) in [5, 5.41) is 2.69. The van der Waals surface area contributed by atoms with Crippen LogP contribution in [-0.2, 0) is 10.0 Å². The van der Waals surface area contributed by atoms with Crippen LogP contribution in [0.5, 0.6) is 0 Å². The molecule has 0 aromatic heterocycles. The van der Waals surface area contributed by atoms with E-state index in [0.717, 1.165) is 29.7 Å². The Kier molecular flexibility index (Phi) is 6.10. The summed E-state index contributed by atoms with van der Waals surface area (Å²) < 4.78 is 42.0. The van der Waals surface area contributed by atoms with Gasteiger partial charge in [0.25, 0.3) is 5.91 Å². The zero-order valence-corrected chi connectivity index (χ0v) is 18.0. The van der Waals surface area contributed by atoms with E-state index in [1.165, 1.54) is 10.4 Å². The summed E-state index contributed by atoms with van der Waals surface area (Å²) in [7, 11) is -3.80. The topological polar surface area (TPSA) is 66.5 Å². The average molecular weight is 419 g/mol. The van der Waals surface area contributed by atoms with Crippen LogP contribution in [0.1, 0.15) is 41.8 Å². The first-order valence-corrected chi connectivity index (χ1v) is 11.2. The number of piperidine rings is 1. The van der Waals surface area contributed by atoms with E-state index in [-0.39, 0.29) is 22.3 Å². The molecule has 2 unspecified atom stereocenters. The normalized spacial score (nSPS) is 20.4. The van der Waals surface area contributed by atoms with Crippen LogP contribution in [0, 0.1) is 31.5 Å². The molecule has 29 heavy (non-hydrogen) atoms. The number of anilines is 1. The maximum Gasteiger partial charge on any atom is 0.258 e. The van der Waals surface area contributed by atoms with Crippen molar-refractivity contribution in [1.29, 1.82) is 0 Å². The standard InChI is InChI=1S/C22H27FN2O3S/c1-14-5-6-17(4)21(10-14)24-22(26)19-11-18(7-8-20(19)23)29(27,28)25-12-15(2)9-16(3)13-25/h5-8,10-11,15-16H,9,12-13H2,1-4H3,(H,24,26). The molecule has 2 aromatic carbocycles. The molecule has 1 N–H and O–H groups in total. The van der Waals surface area contributed by atoms with Crippen LogP contribution in [0.15, 0.2) is 41.3 Å². The van der Waals surface area contributed by atoms with E-state index in [1.807, 2.05) is 39.8 Å². The van der Waals surface area contributed by atoms with E-state index in [9.17, 15) is 17.6 Å². The van der Waals surface area contributed by atoms with E-state index in [2.05, 4.69) is 5.32 Å². The fourth-order valence-corrected chi connectivity index (χ4v) is 5.56. The van der Waals surface area contributed by atoms with Gasteiger partial charge in [0.2, 0.25) is 10.0 Å². The number of carbonyl (C=O) groups excluding carboxylic acids is 1. The lowest BCUT2D eigenvalue weighted by molar-refractivity contribution is 0.102. The Labute approximate surface area is 172 Å². The molecule has 0 bridgehead atoms. The van der Waals surface area contributed by atoms with E-state index >= 15 is 0 Å². The van der Waals surface area contributed by atoms with E-state index < -0.39 is 21.7 Å². The number of carbonyl (C=O) groups is 1. The van der Waals surface area contributed by atoms with Crippen molar-refractivity contribution in [3.63, 3.8) is 0 Å². The number of hydrogen-bond donors (Lipinski definition) is 1. The second kappa shape index (κ2) is 8.24. The largest absolute Gasteiger partial charge is 0.322 e. The van der Waals surface area contributed by atoms with Gasteiger partial charge in [-0.2, -0.15) is 4.31 Å². The summed E-state index contributed by atoms with van der Waals surface area (Å²) in [5.41, 5.74) is 2.08. The van der Waals surface area contributed by atoms with Gasteiger partial charge in [-0.25, -0.2) is 12.8 Å². The van der Waals surface area contributed by atoms with Crippen LogP contribution < -0.4 is 5.32 Å². The molecule has 1 fully saturated rings. The fourth-order valence-electron chi connectivity index (χ4n) is 3.85. The number of amides is 1. The van der Waals surface area contributed by atoms with Crippen LogP contribution in [0.2, 0.25) is 0 Å². The quantitative estimate of drug-likeness (QED) is 0.802. The number of benzene rings is 2. The number of sulfonamides is 1.